The topological polar surface area (TPSA) is 27.0 Å². The molecule has 0 bridgehead atoms. The van der Waals surface area contributed by atoms with Crippen molar-refractivity contribution in [2.24, 2.45) is 0 Å². The highest BCUT2D eigenvalue weighted by Crippen LogP contribution is 2.18. The standard InChI is InChI=1S/C18H20N2/c1-20(18-13-6-5-12-17(18)15-19)14-8-7-11-16-9-3-2-4-10-16/h2-6,9-10,12-13H,7-8,11,14H2,1H3. The van der Waals surface area contributed by atoms with Gasteiger partial charge >= 0.3 is 0 Å². The molecule has 2 aromatic carbocycles. The van der Waals surface area contributed by atoms with Crippen LogP contribution in [0.1, 0.15) is 24.0 Å². The van der Waals surface area contributed by atoms with Crippen LogP contribution in [0.3, 0.4) is 0 Å². The molecule has 0 heterocycles. The molecular weight excluding hydrogens is 244 g/mol. The van der Waals surface area contributed by atoms with Gasteiger partial charge in [0.2, 0.25) is 0 Å². The molecule has 0 atom stereocenters. The highest BCUT2D eigenvalue weighted by Gasteiger charge is 2.05. The number of anilines is 1. The molecule has 0 saturated heterocycles. The molecule has 0 saturated carbocycles. The Labute approximate surface area is 121 Å². The number of nitrogens with zero attached hydrogens (tertiary/aromatic N) is 2. The van der Waals surface area contributed by atoms with Crippen LogP contribution in [0.5, 0.6) is 0 Å². The van der Waals surface area contributed by atoms with E-state index in [1.54, 1.807) is 0 Å². The first-order valence-corrected chi connectivity index (χ1v) is 7.05. The second-order valence-corrected chi connectivity index (χ2v) is 4.99. The largest absolute Gasteiger partial charge is 0.374 e. The van der Waals surface area contributed by atoms with Crippen LogP contribution in [-0.2, 0) is 6.42 Å². The average molecular weight is 264 g/mol. The lowest BCUT2D eigenvalue weighted by molar-refractivity contribution is 0.719. The Balaban J connectivity index is 1.81. The van der Waals surface area contributed by atoms with Gasteiger partial charge in [0, 0.05) is 13.6 Å². The minimum Gasteiger partial charge on any atom is -0.374 e. The monoisotopic (exact) mass is 264 g/mol. The van der Waals surface area contributed by atoms with Gasteiger partial charge in [-0.05, 0) is 37.0 Å². The fraction of sp³-hybridized carbons (Fsp3) is 0.278. The Bertz CT molecular complexity index is 569. The molecule has 2 heteroatoms. The normalized spacial score (nSPS) is 10.0. The van der Waals surface area contributed by atoms with E-state index in [9.17, 15) is 0 Å². The third kappa shape index (κ3) is 3.86. The first-order chi connectivity index (χ1) is 9.81. The summed E-state index contributed by atoms with van der Waals surface area (Å²) in [6, 6.07) is 20.6. The van der Waals surface area contributed by atoms with Crippen molar-refractivity contribution in [3.8, 4) is 6.07 Å². The van der Waals surface area contributed by atoms with Crippen LogP contribution in [0.4, 0.5) is 5.69 Å². The van der Waals surface area contributed by atoms with Crippen molar-refractivity contribution in [1.29, 1.82) is 5.26 Å². The number of hydrogen-bond acceptors (Lipinski definition) is 2. The van der Waals surface area contributed by atoms with Crippen LogP contribution in [0.2, 0.25) is 0 Å². The van der Waals surface area contributed by atoms with Crippen LogP contribution in [0.15, 0.2) is 54.6 Å². The number of rotatable bonds is 6. The fourth-order valence-corrected chi connectivity index (χ4v) is 2.34. The summed E-state index contributed by atoms with van der Waals surface area (Å²) >= 11 is 0. The lowest BCUT2D eigenvalue weighted by Crippen LogP contribution is -2.19. The van der Waals surface area contributed by atoms with Crippen molar-refractivity contribution in [1.82, 2.24) is 0 Å². The maximum absolute atomic E-state index is 9.11. The Morgan fingerprint density at radius 2 is 1.65 bits per heavy atom. The summed E-state index contributed by atoms with van der Waals surface area (Å²) in [7, 11) is 2.05. The summed E-state index contributed by atoms with van der Waals surface area (Å²) in [5.41, 5.74) is 3.17. The molecule has 0 fully saturated rings. The molecule has 0 amide bonds. The van der Waals surface area contributed by atoms with E-state index < -0.39 is 0 Å². The molecule has 0 aliphatic heterocycles. The molecule has 0 aromatic heterocycles. The van der Waals surface area contributed by atoms with Crippen molar-refractivity contribution in [3.63, 3.8) is 0 Å². The van der Waals surface area contributed by atoms with Crippen molar-refractivity contribution in [2.75, 3.05) is 18.5 Å². The average Bonchev–Trinajstić information content (AvgIpc) is 2.52. The predicted octanol–water partition coefficient (Wildman–Crippen LogP) is 4.02. The fourth-order valence-electron chi connectivity index (χ4n) is 2.34. The van der Waals surface area contributed by atoms with Crippen LogP contribution >= 0.6 is 0 Å². The van der Waals surface area contributed by atoms with Gasteiger partial charge in [0.05, 0.1) is 11.3 Å². The Kier molecular flexibility index (Phi) is 5.20. The van der Waals surface area contributed by atoms with Gasteiger partial charge < -0.3 is 4.90 Å². The quantitative estimate of drug-likeness (QED) is 0.737. The van der Waals surface area contributed by atoms with Crippen molar-refractivity contribution in [3.05, 3.63) is 65.7 Å². The first kappa shape index (κ1) is 14.1. The number of unbranched alkanes of at least 4 members (excludes halogenated alkanes) is 1. The minimum atomic E-state index is 0.748. The van der Waals surface area contributed by atoms with E-state index in [1.165, 1.54) is 12.0 Å². The van der Waals surface area contributed by atoms with Gasteiger partial charge in [-0.3, -0.25) is 0 Å². The second kappa shape index (κ2) is 7.35. The number of benzene rings is 2. The van der Waals surface area contributed by atoms with E-state index >= 15 is 0 Å². The van der Waals surface area contributed by atoms with E-state index in [0.29, 0.717) is 0 Å². The maximum Gasteiger partial charge on any atom is 0.101 e. The number of aryl methyl sites for hydroxylation is 1. The zero-order valence-corrected chi connectivity index (χ0v) is 11.9. The number of nitriles is 1. The summed E-state index contributed by atoms with van der Waals surface area (Å²) in [5.74, 6) is 0. The molecule has 0 N–H and O–H groups in total. The molecule has 20 heavy (non-hydrogen) atoms. The Hall–Kier alpha value is -2.27. The van der Waals surface area contributed by atoms with Gasteiger partial charge in [0.15, 0.2) is 0 Å². The van der Waals surface area contributed by atoms with Gasteiger partial charge in [0.25, 0.3) is 0 Å². The van der Waals surface area contributed by atoms with Crippen molar-refractivity contribution < 1.29 is 0 Å². The van der Waals surface area contributed by atoms with Crippen molar-refractivity contribution in [2.45, 2.75) is 19.3 Å². The lowest BCUT2D eigenvalue weighted by Gasteiger charge is -2.20. The van der Waals surface area contributed by atoms with Gasteiger partial charge in [-0.2, -0.15) is 5.26 Å². The zero-order chi connectivity index (χ0) is 14.2. The summed E-state index contributed by atoms with van der Waals surface area (Å²) < 4.78 is 0. The van der Waals surface area contributed by atoms with Gasteiger partial charge in [-0.25, -0.2) is 0 Å². The third-order valence-electron chi connectivity index (χ3n) is 3.49. The molecule has 102 valence electrons. The molecular formula is C18H20N2. The minimum absolute atomic E-state index is 0.748. The molecule has 0 aliphatic carbocycles. The van der Waals surface area contributed by atoms with Crippen LogP contribution in [0, 0.1) is 11.3 Å². The Morgan fingerprint density at radius 3 is 2.40 bits per heavy atom. The van der Waals surface area contributed by atoms with E-state index in [1.807, 2.05) is 24.3 Å². The van der Waals surface area contributed by atoms with E-state index in [-0.39, 0.29) is 0 Å². The van der Waals surface area contributed by atoms with Crippen molar-refractivity contribution >= 4 is 5.69 Å². The molecule has 0 unspecified atom stereocenters. The zero-order valence-electron chi connectivity index (χ0n) is 11.9. The summed E-state index contributed by atoms with van der Waals surface area (Å²) in [4.78, 5) is 2.17. The lowest BCUT2D eigenvalue weighted by atomic mass is 10.1. The van der Waals surface area contributed by atoms with E-state index in [0.717, 1.165) is 30.6 Å². The highest BCUT2D eigenvalue weighted by molar-refractivity contribution is 5.58. The first-order valence-electron chi connectivity index (χ1n) is 7.05. The van der Waals surface area contributed by atoms with Gasteiger partial charge in [-0.1, -0.05) is 42.5 Å². The number of para-hydroxylation sites is 1. The van der Waals surface area contributed by atoms with E-state index in [2.05, 4.69) is 48.3 Å². The van der Waals surface area contributed by atoms with Crippen LogP contribution in [-0.4, -0.2) is 13.6 Å². The number of hydrogen-bond donors (Lipinski definition) is 0. The van der Waals surface area contributed by atoms with Crippen LogP contribution in [0.25, 0.3) is 0 Å². The van der Waals surface area contributed by atoms with Gasteiger partial charge in [-0.15, -0.1) is 0 Å². The SMILES string of the molecule is CN(CCCCc1ccccc1)c1ccccc1C#N. The second-order valence-electron chi connectivity index (χ2n) is 4.99. The smallest absolute Gasteiger partial charge is 0.101 e. The highest BCUT2D eigenvalue weighted by atomic mass is 15.1. The third-order valence-corrected chi connectivity index (χ3v) is 3.49. The summed E-state index contributed by atoms with van der Waals surface area (Å²) in [6.45, 7) is 0.978. The predicted molar refractivity (Wildman–Crippen MR) is 83.8 cm³/mol. The molecule has 0 aliphatic rings. The van der Waals surface area contributed by atoms with E-state index in [4.69, 9.17) is 5.26 Å². The summed E-state index contributed by atoms with van der Waals surface area (Å²) in [5, 5.41) is 9.11. The van der Waals surface area contributed by atoms with Gasteiger partial charge in [0.1, 0.15) is 6.07 Å². The molecule has 0 radical (unpaired) electrons. The molecule has 2 nitrogen and oxygen atoms in total. The Morgan fingerprint density at radius 1 is 0.950 bits per heavy atom. The van der Waals surface area contributed by atoms with Crippen LogP contribution < -0.4 is 4.90 Å². The summed E-state index contributed by atoms with van der Waals surface area (Å²) in [6.07, 6.45) is 3.42. The maximum atomic E-state index is 9.11. The molecule has 2 aromatic rings. The molecule has 2 rings (SSSR count). The molecule has 0 spiro atoms.